The lowest BCUT2D eigenvalue weighted by Crippen LogP contribution is -2.60. The summed E-state index contributed by atoms with van der Waals surface area (Å²) in [6.45, 7) is 17.4. The molecule has 1 saturated heterocycles. The van der Waals surface area contributed by atoms with Crippen LogP contribution in [0.4, 0.5) is 5.95 Å². The second kappa shape index (κ2) is 12.4. The molecule has 0 aromatic carbocycles. The van der Waals surface area contributed by atoms with E-state index in [1.165, 1.54) is 18.4 Å². The summed E-state index contributed by atoms with van der Waals surface area (Å²) in [7, 11) is 2.20. The first-order valence-corrected chi connectivity index (χ1v) is 13.8. The van der Waals surface area contributed by atoms with Crippen molar-refractivity contribution < 1.29 is 4.79 Å². The summed E-state index contributed by atoms with van der Waals surface area (Å²) in [6.07, 6.45) is 10.8. The van der Waals surface area contributed by atoms with Gasteiger partial charge in [0.1, 0.15) is 5.78 Å². The molecule has 0 N–H and O–H groups in total. The Hall–Kier alpha value is -1.53. The third kappa shape index (κ3) is 6.78. The van der Waals surface area contributed by atoms with Crippen molar-refractivity contribution in [2.75, 3.05) is 31.6 Å². The first-order valence-electron chi connectivity index (χ1n) is 13.8. The third-order valence-electron chi connectivity index (χ3n) is 8.11. The van der Waals surface area contributed by atoms with Crippen molar-refractivity contribution in [2.24, 2.45) is 17.8 Å². The summed E-state index contributed by atoms with van der Waals surface area (Å²) in [4.78, 5) is 29.5. The van der Waals surface area contributed by atoms with Crippen LogP contribution in [-0.4, -0.2) is 70.4 Å². The quantitative estimate of drug-likeness (QED) is 0.477. The van der Waals surface area contributed by atoms with Crippen molar-refractivity contribution in [1.82, 2.24) is 19.8 Å². The Balaban J connectivity index is 1.54. The van der Waals surface area contributed by atoms with Crippen LogP contribution < -0.4 is 4.90 Å². The van der Waals surface area contributed by atoms with E-state index in [-0.39, 0.29) is 5.92 Å². The van der Waals surface area contributed by atoms with Crippen LogP contribution in [0.1, 0.15) is 85.6 Å². The smallest absolute Gasteiger partial charge is 0.225 e. The molecule has 1 aromatic heterocycles. The van der Waals surface area contributed by atoms with Crippen LogP contribution in [0.15, 0.2) is 12.4 Å². The minimum atomic E-state index is 0.173. The second-order valence-electron chi connectivity index (χ2n) is 11.4. The first-order chi connectivity index (χ1) is 16.2. The molecule has 0 spiro atoms. The van der Waals surface area contributed by atoms with Gasteiger partial charge in [-0.1, -0.05) is 27.7 Å². The molecule has 1 aliphatic heterocycles. The lowest BCUT2D eigenvalue weighted by molar-refractivity contribution is -0.127. The van der Waals surface area contributed by atoms with Gasteiger partial charge in [0, 0.05) is 74.1 Å². The van der Waals surface area contributed by atoms with Gasteiger partial charge < -0.3 is 9.80 Å². The van der Waals surface area contributed by atoms with Crippen molar-refractivity contribution in [3.05, 3.63) is 18.0 Å². The highest BCUT2D eigenvalue weighted by atomic mass is 16.1. The van der Waals surface area contributed by atoms with E-state index in [4.69, 9.17) is 9.97 Å². The lowest BCUT2D eigenvalue weighted by atomic mass is 9.77. The van der Waals surface area contributed by atoms with Crippen LogP contribution in [0.5, 0.6) is 0 Å². The topological polar surface area (TPSA) is 52.6 Å². The summed E-state index contributed by atoms with van der Waals surface area (Å²) in [5, 5.41) is 0. The number of ketones is 1. The number of carbonyl (C=O) groups excluding carboxylic acids is 1. The van der Waals surface area contributed by atoms with Crippen LogP contribution in [0.3, 0.4) is 0 Å². The van der Waals surface area contributed by atoms with Gasteiger partial charge in [-0.2, -0.15) is 0 Å². The number of hydrogen-bond acceptors (Lipinski definition) is 6. The first kappa shape index (κ1) is 27.1. The average Bonchev–Trinajstić information content (AvgIpc) is 2.83. The Bertz CT molecular complexity index is 743. The third-order valence-corrected chi connectivity index (χ3v) is 8.11. The molecule has 1 saturated carbocycles. The summed E-state index contributed by atoms with van der Waals surface area (Å²) >= 11 is 0. The molecule has 0 bridgehead atoms. The van der Waals surface area contributed by atoms with E-state index in [9.17, 15) is 4.79 Å². The van der Waals surface area contributed by atoms with Crippen LogP contribution in [0.2, 0.25) is 0 Å². The van der Waals surface area contributed by atoms with Gasteiger partial charge in [0.15, 0.2) is 0 Å². The molecule has 2 unspecified atom stereocenters. The standard InChI is InChI=1S/C28H49N5O/c1-8-25-18-32(21(5)6)19-26(9-2)33(25)28-29-14-23(15-30-28)17-31(7)16-22-10-12-24(13-11-22)27(34)20(3)4/h14-15,20-22,24-26H,8-13,16-19H2,1-7H3. The van der Waals surface area contributed by atoms with E-state index in [1.54, 1.807) is 0 Å². The van der Waals surface area contributed by atoms with Gasteiger partial charge in [0.2, 0.25) is 5.95 Å². The van der Waals surface area contributed by atoms with E-state index >= 15 is 0 Å². The minimum Gasteiger partial charge on any atom is -0.332 e. The SMILES string of the molecule is CCC1CN(C(C)C)CC(CC)N1c1ncc(CN(C)CC2CCC(C(=O)C(C)C)CC2)cn1. The largest absolute Gasteiger partial charge is 0.332 e. The zero-order valence-corrected chi connectivity index (χ0v) is 22.8. The van der Waals surface area contributed by atoms with Crippen LogP contribution in [0.25, 0.3) is 0 Å². The van der Waals surface area contributed by atoms with Gasteiger partial charge in [0.25, 0.3) is 0 Å². The Morgan fingerprint density at radius 3 is 2.03 bits per heavy atom. The monoisotopic (exact) mass is 471 g/mol. The number of hydrogen-bond donors (Lipinski definition) is 0. The molecule has 2 heterocycles. The number of piperazine rings is 1. The van der Waals surface area contributed by atoms with Crippen LogP contribution in [-0.2, 0) is 11.3 Å². The number of aromatic nitrogens is 2. The maximum atomic E-state index is 12.3. The van der Waals surface area contributed by atoms with Crippen molar-refractivity contribution >= 4 is 11.7 Å². The highest BCUT2D eigenvalue weighted by Crippen LogP contribution is 2.31. The zero-order valence-electron chi connectivity index (χ0n) is 22.8. The molecule has 2 fully saturated rings. The Morgan fingerprint density at radius 1 is 1.00 bits per heavy atom. The number of anilines is 1. The van der Waals surface area contributed by atoms with Gasteiger partial charge in [-0.15, -0.1) is 0 Å². The summed E-state index contributed by atoms with van der Waals surface area (Å²) in [5.74, 6) is 2.51. The molecule has 0 amide bonds. The van der Waals surface area contributed by atoms with Gasteiger partial charge in [-0.3, -0.25) is 9.69 Å². The van der Waals surface area contributed by atoms with Gasteiger partial charge in [-0.05, 0) is 65.3 Å². The zero-order chi connectivity index (χ0) is 24.8. The molecule has 2 atom stereocenters. The molecule has 34 heavy (non-hydrogen) atoms. The molecular weight excluding hydrogens is 422 g/mol. The highest BCUT2D eigenvalue weighted by molar-refractivity contribution is 5.82. The van der Waals surface area contributed by atoms with E-state index in [0.29, 0.717) is 35.7 Å². The fourth-order valence-corrected chi connectivity index (χ4v) is 5.97. The molecule has 2 aliphatic rings. The number of rotatable bonds is 10. The average molecular weight is 472 g/mol. The molecule has 6 nitrogen and oxygen atoms in total. The number of Topliss-reactive ketones (excluding diaryl/α,β-unsaturated/α-hetero) is 1. The summed E-state index contributed by atoms with van der Waals surface area (Å²) in [6, 6.07) is 1.51. The van der Waals surface area contributed by atoms with Crippen molar-refractivity contribution in [3.8, 4) is 0 Å². The second-order valence-corrected chi connectivity index (χ2v) is 11.4. The summed E-state index contributed by atoms with van der Waals surface area (Å²) in [5.41, 5.74) is 1.18. The fraction of sp³-hybridized carbons (Fsp3) is 0.821. The minimum absolute atomic E-state index is 0.173. The Morgan fingerprint density at radius 2 is 1.56 bits per heavy atom. The van der Waals surface area contributed by atoms with Crippen LogP contribution in [0, 0.1) is 17.8 Å². The van der Waals surface area contributed by atoms with Gasteiger partial charge in [0.05, 0.1) is 0 Å². The van der Waals surface area contributed by atoms with Gasteiger partial charge >= 0.3 is 0 Å². The predicted molar refractivity (Wildman–Crippen MR) is 141 cm³/mol. The lowest BCUT2D eigenvalue weighted by Gasteiger charge is -2.48. The van der Waals surface area contributed by atoms with Crippen molar-refractivity contribution in [2.45, 2.75) is 105 Å². The molecule has 0 radical (unpaired) electrons. The maximum absolute atomic E-state index is 12.3. The molecule has 1 aromatic rings. The van der Waals surface area contributed by atoms with E-state index in [2.05, 4.69) is 49.4 Å². The molecule has 3 rings (SSSR count). The van der Waals surface area contributed by atoms with Gasteiger partial charge in [-0.25, -0.2) is 9.97 Å². The molecule has 1 aliphatic carbocycles. The number of carbonyl (C=O) groups is 1. The van der Waals surface area contributed by atoms with E-state index < -0.39 is 0 Å². The fourth-order valence-electron chi connectivity index (χ4n) is 5.97. The summed E-state index contributed by atoms with van der Waals surface area (Å²) < 4.78 is 0. The van der Waals surface area contributed by atoms with E-state index in [1.807, 2.05) is 26.2 Å². The molecule has 6 heteroatoms. The normalized spacial score (nSPS) is 26.6. The highest BCUT2D eigenvalue weighted by Gasteiger charge is 2.35. The maximum Gasteiger partial charge on any atom is 0.225 e. The van der Waals surface area contributed by atoms with Crippen LogP contribution >= 0.6 is 0 Å². The molecule has 192 valence electrons. The predicted octanol–water partition coefficient (Wildman–Crippen LogP) is 5.03. The Kier molecular flexibility index (Phi) is 9.90. The Labute approximate surface area is 208 Å². The van der Waals surface area contributed by atoms with E-state index in [0.717, 1.165) is 57.8 Å². The van der Waals surface area contributed by atoms with Crippen molar-refractivity contribution in [1.29, 1.82) is 0 Å². The number of nitrogens with zero attached hydrogens (tertiary/aromatic N) is 5. The van der Waals surface area contributed by atoms with Crippen molar-refractivity contribution in [3.63, 3.8) is 0 Å². The molecular formula is C28H49N5O.